The van der Waals surface area contributed by atoms with Crippen LogP contribution < -0.4 is 5.73 Å². The van der Waals surface area contributed by atoms with Crippen LogP contribution in [-0.4, -0.2) is 58.6 Å². The molecule has 10 heteroatoms. The van der Waals surface area contributed by atoms with Gasteiger partial charge in [-0.1, -0.05) is 23.7 Å². The van der Waals surface area contributed by atoms with Crippen LogP contribution in [0.1, 0.15) is 18.4 Å². The molecule has 1 saturated carbocycles. The summed E-state index contributed by atoms with van der Waals surface area (Å²) in [6.07, 6.45) is 4.39. The Morgan fingerprint density at radius 1 is 1.15 bits per heavy atom. The number of hydrogen-bond donors (Lipinski definition) is 3. The normalized spacial score (nSPS) is 29.2. The second-order valence-electron chi connectivity index (χ2n) is 9.14. The van der Waals surface area contributed by atoms with E-state index in [0.29, 0.717) is 47.3 Å². The van der Waals surface area contributed by atoms with Gasteiger partial charge in [0.1, 0.15) is 30.2 Å². The number of aliphatic hydroxyl groups is 2. The van der Waals surface area contributed by atoms with Crippen LogP contribution in [0.15, 0.2) is 43.1 Å². The van der Waals surface area contributed by atoms with Crippen LogP contribution in [0.4, 0.5) is 5.82 Å². The zero-order valence-electron chi connectivity index (χ0n) is 17.7. The van der Waals surface area contributed by atoms with E-state index in [-0.39, 0.29) is 0 Å². The molecule has 170 valence electrons. The average molecular weight is 467 g/mol. The maximum atomic E-state index is 10.8. The molecule has 4 heterocycles. The maximum absolute atomic E-state index is 10.8. The number of aromatic nitrogens is 5. The summed E-state index contributed by atoms with van der Waals surface area (Å²) in [4.78, 5) is 16.9. The molecule has 3 atom stereocenters. The van der Waals surface area contributed by atoms with Gasteiger partial charge in [-0.15, -0.1) is 0 Å². The van der Waals surface area contributed by atoms with E-state index in [9.17, 15) is 10.2 Å². The highest BCUT2D eigenvalue weighted by Gasteiger charge is 2.60. The lowest BCUT2D eigenvalue weighted by Crippen LogP contribution is -2.53. The molecular formula is C23H23ClN6O3. The Labute approximate surface area is 194 Å². The molecule has 0 unspecified atom stereocenters. The molecule has 33 heavy (non-hydrogen) atoms. The third kappa shape index (κ3) is 3.43. The predicted molar refractivity (Wildman–Crippen MR) is 123 cm³/mol. The van der Waals surface area contributed by atoms with Crippen molar-refractivity contribution in [1.29, 1.82) is 0 Å². The van der Waals surface area contributed by atoms with Gasteiger partial charge in [0.15, 0.2) is 11.5 Å². The maximum Gasteiger partial charge on any atom is 0.165 e. The van der Waals surface area contributed by atoms with Crippen LogP contribution >= 0.6 is 11.6 Å². The number of anilines is 1. The minimum atomic E-state index is -0.989. The summed E-state index contributed by atoms with van der Waals surface area (Å²) in [5, 5.41) is 23.2. The molecule has 9 nitrogen and oxygen atoms in total. The van der Waals surface area contributed by atoms with E-state index in [4.69, 9.17) is 22.1 Å². The quantitative estimate of drug-likeness (QED) is 0.416. The smallest absolute Gasteiger partial charge is 0.165 e. The molecule has 2 fully saturated rings. The van der Waals surface area contributed by atoms with Gasteiger partial charge in [0, 0.05) is 11.6 Å². The highest BCUT2D eigenvalue weighted by Crippen LogP contribution is 2.50. The fraction of sp³-hybridized carbons (Fsp3) is 0.391. The molecule has 3 aromatic heterocycles. The topological polar surface area (TPSA) is 132 Å². The third-order valence-electron chi connectivity index (χ3n) is 6.94. The van der Waals surface area contributed by atoms with Crippen molar-refractivity contribution in [2.75, 3.05) is 5.73 Å². The van der Waals surface area contributed by atoms with Crippen molar-refractivity contribution >= 4 is 39.5 Å². The SMILES string of the molecule is Nc1ncnc2c1ncn2C[C@@H]1OC2(CC(Cc3ccc4cc(Cl)cnc4c3)C2)[C@@H](O)[C@H]1O. The Morgan fingerprint density at radius 3 is 2.85 bits per heavy atom. The Bertz CT molecular complexity index is 1350. The molecule has 6 rings (SSSR count). The monoisotopic (exact) mass is 466 g/mol. The number of imidazole rings is 1. The standard InChI is InChI=1S/C23H23ClN6O3/c24-15-5-14-2-1-12(4-16(14)26-8-15)3-13-6-23(7-13)20(32)19(31)17(33-23)9-30-11-29-18-21(25)27-10-28-22(18)30/h1-2,4-5,8,10-11,13,17,19-20,31-32H,3,6-7,9H2,(H2,25,27,28)/t13?,17-,19-,20-,23?/m0/s1. The molecule has 0 radical (unpaired) electrons. The molecule has 1 aliphatic carbocycles. The summed E-state index contributed by atoms with van der Waals surface area (Å²) in [6, 6.07) is 8.11. The second-order valence-corrected chi connectivity index (χ2v) is 9.58. The molecule has 1 aromatic carbocycles. The van der Waals surface area contributed by atoms with Crippen LogP contribution in [-0.2, 0) is 17.7 Å². The summed E-state index contributed by atoms with van der Waals surface area (Å²) in [6.45, 7) is 0.316. The molecule has 0 bridgehead atoms. The van der Waals surface area contributed by atoms with Gasteiger partial charge in [-0.05, 0) is 42.9 Å². The number of pyridine rings is 1. The van der Waals surface area contributed by atoms with Gasteiger partial charge in [0.25, 0.3) is 0 Å². The first-order valence-corrected chi connectivity index (χ1v) is 11.3. The Hall–Kier alpha value is -2.85. The number of nitrogens with two attached hydrogens (primary N) is 1. The Morgan fingerprint density at radius 2 is 2.00 bits per heavy atom. The number of aliphatic hydroxyl groups excluding tert-OH is 2. The van der Waals surface area contributed by atoms with E-state index < -0.39 is 23.9 Å². The van der Waals surface area contributed by atoms with Crippen LogP contribution in [0.3, 0.4) is 0 Å². The van der Waals surface area contributed by atoms with E-state index in [0.717, 1.165) is 17.3 Å². The van der Waals surface area contributed by atoms with E-state index >= 15 is 0 Å². The number of nitrogens with zero attached hydrogens (tertiary/aromatic N) is 5. The van der Waals surface area contributed by atoms with Gasteiger partial charge in [-0.25, -0.2) is 15.0 Å². The van der Waals surface area contributed by atoms with Gasteiger partial charge in [0.05, 0.1) is 29.0 Å². The third-order valence-corrected chi connectivity index (χ3v) is 7.15. The minimum Gasteiger partial charge on any atom is -0.388 e. The molecule has 1 spiro atoms. The van der Waals surface area contributed by atoms with Crippen molar-refractivity contribution in [2.45, 2.75) is 49.7 Å². The van der Waals surface area contributed by atoms with E-state index in [1.54, 1.807) is 17.1 Å². The zero-order chi connectivity index (χ0) is 22.7. The van der Waals surface area contributed by atoms with Gasteiger partial charge in [-0.3, -0.25) is 4.98 Å². The molecule has 2 aliphatic rings. The average Bonchev–Trinajstić information content (AvgIpc) is 3.29. The number of halogens is 1. The molecule has 4 aromatic rings. The highest BCUT2D eigenvalue weighted by molar-refractivity contribution is 6.31. The summed E-state index contributed by atoms with van der Waals surface area (Å²) >= 11 is 6.02. The Kier molecular flexibility index (Phi) is 4.77. The zero-order valence-corrected chi connectivity index (χ0v) is 18.4. The first-order chi connectivity index (χ1) is 15.9. The minimum absolute atomic E-state index is 0.303. The van der Waals surface area contributed by atoms with Crippen LogP contribution in [0.2, 0.25) is 5.02 Å². The lowest BCUT2D eigenvalue weighted by Gasteiger charge is -2.46. The lowest BCUT2D eigenvalue weighted by molar-refractivity contribution is -0.158. The number of nitrogen functional groups attached to an aromatic ring is 1. The van der Waals surface area contributed by atoms with Crippen molar-refractivity contribution in [3.63, 3.8) is 0 Å². The molecule has 1 aliphatic heterocycles. The predicted octanol–water partition coefficient (Wildman–Crippen LogP) is 2.12. The van der Waals surface area contributed by atoms with E-state index in [1.165, 1.54) is 11.9 Å². The summed E-state index contributed by atoms with van der Waals surface area (Å²) in [7, 11) is 0. The van der Waals surface area contributed by atoms with Gasteiger partial charge in [-0.2, -0.15) is 0 Å². The van der Waals surface area contributed by atoms with E-state index in [1.807, 2.05) is 12.1 Å². The molecule has 0 amide bonds. The lowest BCUT2D eigenvalue weighted by atomic mass is 9.66. The molecule has 4 N–H and O–H groups in total. The van der Waals surface area contributed by atoms with Gasteiger partial charge in [0.2, 0.25) is 0 Å². The van der Waals surface area contributed by atoms with Crippen molar-refractivity contribution in [2.24, 2.45) is 5.92 Å². The summed E-state index contributed by atoms with van der Waals surface area (Å²) in [5.74, 6) is 0.661. The fourth-order valence-electron chi connectivity index (χ4n) is 5.33. The number of hydrogen-bond acceptors (Lipinski definition) is 8. The molecule has 1 saturated heterocycles. The second kappa shape index (κ2) is 7.59. The summed E-state index contributed by atoms with van der Waals surface area (Å²) < 4.78 is 8.04. The van der Waals surface area contributed by atoms with Crippen molar-refractivity contribution in [1.82, 2.24) is 24.5 Å². The largest absolute Gasteiger partial charge is 0.388 e. The molecular weight excluding hydrogens is 444 g/mol. The number of fused-ring (bicyclic) bond motifs is 2. The van der Waals surface area contributed by atoms with Crippen LogP contribution in [0, 0.1) is 5.92 Å². The number of benzene rings is 1. The first-order valence-electron chi connectivity index (χ1n) is 10.9. The number of ether oxygens (including phenoxy) is 1. The Balaban J connectivity index is 1.14. The van der Waals surface area contributed by atoms with Crippen molar-refractivity contribution in [3.05, 3.63) is 53.7 Å². The highest BCUT2D eigenvalue weighted by atomic mass is 35.5. The van der Waals surface area contributed by atoms with Crippen LogP contribution in [0.25, 0.3) is 22.1 Å². The fourth-order valence-corrected chi connectivity index (χ4v) is 5.49. The van der Waals surface area contributed by atoms with E-state index in [2.05, 4.69) is 32.1 Å². The van der Waals surface area contributed by atoms with Crippen LogP contribution in [0.5, 0.6) is 0 Å². The number of rotatable bonds is 4. The first kappa shape index (κ1) is 20.7. The summed E-state index contributed by atoms with van der Waals surface area (Å²) in [5.41, 5.74) is 8.32. The van der Waals surface area contributed by atoms with Crippen molar-refractivity contribution < 1.29 is 14.9 Å². The van der Waals surface area contributed by atoms with Gasteiger partial charge < -0.3 is 25.3 Å². The van der Waals surface area contributed by atoms with Gasteiger partial charge >= 0.3 is 0 Å². The van der Waals surface area contributed by atoms with Crippen molar-refractivity contribution in [3.8, 4) is 0 Å².